The molecule has 2 N–H and O–H groups in total. The first-order chi connectivity index (χ1) is 7.77. The number of nitrogens with two attached hydrogens (primary N) is 1. The van der Waals surface area contributed by atoms with Gasteiger partial charge in [0, 0.05) is 36.4 Å². The number of nitrogens with zero attached hydrogens (tertiary/aromatic N) is 2. The number of nitrogen functional groups attached to an aromatic ring is 1. The van der Waals surface area contributed by atoms with E-state index < -0.39 is 0 Å². The van der Waals surface area contributed by atoms with Crippen LogP contribution in [0.25, 0.3) is 17.0 Å². The lowest BCUT2D eigenvalue weighted by Gasteiger charge is -2.25. The number of hydrogen-bond donors (Lipinski definition) is 1. The fourth-order valence-electron chi connectivity index (χ4n) is 2.23. The van der Waals surface area contributed by atoms with E-state index in [-0.39, 0.29) is 0 Å². The van der Waals surface area contributed by atoms with E-state index in [2.05, 4.69) is 29.1 Å². The molecule has 3 rings (SSSR count). The number of anilines is 2. The van der Waals surface area contributed by atoms with E-state index >= 15 is 0 Å². The second-order valence-corrected chi connectivity index (χ2v) is 4.09. The average molecular weight is 211 g/mol. The molecule has 0 saturated carbocycles. The molecule has 0 atom stereocenters. The lowest BCUT2D eigenvalue weighted by atomic mass is 10.0. The molecule has 0 bridgehead atoms. The smallest absolute Gasteiger partial charge is 0.0962 e. The highest BCUT2D eigenvalue weighted by Gasteiger charge is 2.15. The molecule has 16 heavy (non-hydrogen) atoms. The monoisotopic (exact) mass is 211 g/mol. The normalized spacial score (nSPS) is 14.2. The Hall–Kier alpha value is -2.03. The Kier molecular flexibility index (Phi) is 1.86. The standard InChI is InChI=1S/C13H13N3/c1-16-7-3-4-9-8-11(14)10-5-2-6-15-12(10)13(9)16/h2-6,8H,7,14H2,1H3. The van der Waals surface area contributed by atoms with E-state index in [1.54, 1.807) is 0 Å². The molecule has 0 radical (unpaired) electrons. The molecule has 80 valence electrons. The van der Waals surface area contributed by atoms with E-state index in [1.807, 2.05) is 24.4 Å². The molecule has 0 aliphatic carbocycles. The van der Waals surface area contributed by atoms with Crippen LogP contribution < -0.4 is 10.6 Å². The second kappa shape index (κ2) is 3.23. The number of aromatic nitrogens is 1. The van der Waals surface area contributed by atoms with E-state index in [4.69, 9.17) is 5.73 Å². The Morgan fingerprint density at radius 1 is 1.44 bits per heavy atom. The van der Waals surface area contributed by atoms with Crippen LogP contribution in [0.1, 0.15) is 5.56 Å². The summed E-state index contributed by atoms with van der Waals surface area (Å²) in [6.45, 7) is 0.919. The summed E-state index contributed by atoms with van der Waals surface area (Å²) in [6, 6.07) is 5.96. The summed E-state index contributed by atoms with van der Waals surface area (Å²) in [5, 5.41) is 1.03. The van der Waals surface area contributed by atoms with E-state index in [1.165, 1.54) is 5.69 Å². The molecular formula is C13H13N3. The molecule has 0 fully saturated rings. The molecule has 1 aromatic heterocycles. The molecule has 2 heterocycles. The summed E-state index contributed by atoms with van der Waals surface area (Å²) >= 11 is 0. The van der Waals surface area contributed by atoms with Gasteiger partial charge in [0.1, 0.15) is 0 Å². The molecular weight excluding hydrogens is 198 g/mol. The SMILES string of the molecule is CN1CC=Cc2cc(N)c3cccnc3c21. The molecule has 0 saturated heterocycles. The van der Waals surface area contributed by atoms with Crippen molar-refractivity contribution in [2.75, 3.05) is 24.2 Å². The summed E-state index contributed by atoms with van der Waals surface area (Å²) in [6.07, 6.45) is 6.06. The van der Waals surface area contributed by atoms with Crippen LogP contribution in [-0.4, -0.2) is 18.6 Å². The summed E-state index contributed by atoms with van der Waals surface area (Å²) < 4.78 is 0. The zero-order chi connectivity index (χ0) is 11.1. The fourth-order valence-corrected chi connectivity index (χ4v) is 2.23. The second-order valence-electron chi connectivity index (χ2n) is 4.09. The topological polar surface area (TPSA) is 42.1 Å². The first kappa shape index (κ1) is 9.21. The highest BCUT2D eigenvalue weighted by molar-refractivity contribution is 6.02. The van der Waals surface area contributed by atoms with Gasteiger partial charge in [0.25, 0.3) is 0 Å². The first-order valence-electron chi connectivity index (χ1n) is 5.32. The largest absolute Gasteiger partial charge is 0.398 e. The fraction of sp³-hybridized carbons (Fsp3) is 0.154. The van der Waals surface area contributed by atoms with Gasteiger partial charge in [-0.3, -0.25) is 4.98 Å². The van der Waals surface area contributed by atoms with Crippen molar-refractivity contribution in [2.24, 2.45) is 0 Å². The van der Waals surface area contributed by atoms with Crippen molar-refractivity contribution in [1.82, 2.24) is 4.98 Å². The van der Waals surface area contributed by atoms with Gasteiger partial charge in [-0.05, 0) is 18.2 Å². The lowest BCUT2D eigenvalue weighted by molar-refractivity contribution is 1.02. The van der Waals surface area contributed by atoms with Crippen molar-refractivity contribution in [1.29, 1.82) is 0 Å². The summed E-state index contributed by atoms with van der Waals surface area (Å²) in [5.41, 5.74) is 10.1. The number of hydrogen-bond acceptors (Lipinski definition) is 3. The van der Waals surface area contributed by atoms with Crippen LogP contribution in [0, 0.1) is 0 Å². The minimum atomic E-state index is 0.793. The van der Waals surface area contributed by atoms with Crippen molar-refractivity contribution in [3.8, 4) is 0 Å². The summed E-state index contributed by atoms with van der Waals surface area (Å²) in [7, 11) is 2.08. The van der Waals surface area contributed by atoms with Crippen LogP contribution in [0.15, 0.2) is 30.5 Å². The molecule has 0 amide bonds. The van der Waals surface area contributed by atoms with Crippen molar-refractivity contribution in [3.63, 3.8) is 0 Å². The van der Waals surface area contributed by atoms with Gasteiger partial charge >= 0.3 is 0 Å². The van der Waals surface area contributed by atoms with Crippen LogP contribution in [0.2, 0.25) is 0 Å². The molecule has 1 aliphatic heterocycles. The van der Waals surface area contributed by atoms with Gasteiger partial charge < -0.3 is 10.6 Å². The van der Waals surface area contributed by atoms with Gasteiger partial charge in [0.05, 0.1) is 11.2 Å². The van der Waals surface area contributed by atoms with Gasteiger partial charge in [-0.25, -0.2) is 0 Å². The van der Waals surface area contributed by atoms with E-state index in [0.29, 0.717) is 0 Å². The minimum absolute atomic E-state index is 0.793. The quantitative estimate of drug-likeness (QED) is 0.680. The van der Waals surface area contributed by atoms with Crippen LogP contribution in [0.4, 0.5) is 11.4 Å². The van der Waals surface area contributed by atoms with Crippen LogP contribution in [-0.2, 0) is 0 Å². The maximum Gasteiger partial charge on any atom is 0.0962 e. The number of fused-ring (bicyclic) bond motifs is 3. The lowest BCUT2D eigenvalue weighted by Crippen LogP contribution is -2.21. The van der Waals surface area contributed by atoms with Crippen molar-refractivity contribution >= 4 is 28.4 Å². The highest BCUT2D eigenvalue weighted by Crippen LogP contribution is 2.35. The van der Waals surface area contributed by atoms with E-state index in [0.717, 1.165) is 28.7 Å². The third kappa shape index (κ3) is 1.18. The number of rotatable bonds is 0. The molecule has 3 heteroatoms. The zero-order valence-corrected chi connectivity index (χ0v) is 9.14. The van der Waals surface area contributed by atoms with Crippen molar-refractivity contribution in [3.05, 3.63) is 36.0 Å². The van der Waals surface area contributed by atoms with Crippen LogP contribution >= 0.6 is 0 Å². The Balaban J connectivity index is 2.46. The molecule has 0 spiro atoms. The first-order valence-corrected chi connectivity index (χ1v) is 5.32. The average Bonchev–Trinajstić information content (AvgIpc) is 2.29. The van der Waals surface area contributed by atoms with Gasteiger partial charge in [-0.2, -0.15) is 0 Å². The van der Waals surface area contributed by atoms with Gasteiger partial charge in [0.2, 0.25) is 0 Å². The Morgan fingerprint density at radius 3 is 3.19 bits per heavy atom. The van der Waals surface area contributed by atoms with Crippen LogP contribution in [0.3, 0.4) is 0 Å². The molecule has 2 aromatic rings. The summed E-state index contributed by atoms with van der Waals surface area (Å²) in [4.78, 5) is 6.65. The third-order valence-electron chi connectivity index (χ3n) is 2.99. The predicted molar refractivity (Wildman–Crippen MR) is 68.5 cm³/mol. The molecule has 0 unspecified atom stereocenters. The third-order valence-corrected chi connectivity index (χ3v) is 2.99. The number of benzene rings is 1. The number of pyridine rings is 1. The van der Waals surface area contributed by atoms with Crippen LogP contribution in [0.5, 0.6) is 0 Å². The maximum atomic E-state index is 6.03. The van der Waals surface area contributed by atoms with Crippen molar-refractivity contribution < 1.29 is 0 Å². The Labute approximate surface area is 94.2 Å². The van der Waals surface area contributed by atoms with Crippen molar-refractivity contribution in [2.45, 2.75) is 0 Å². The highest BCUT2D eigenvalue weighted by atomic mass is 15.1. The van der Waals surface area contributed by atoms with Gasteiger partial charge in [-0.1, -0.05) is 12.2 Å². The predicted octanol–water partition coefficient (Wildman–Crippen LogP) is 2.28. The maximum absolute atomic E-state index is 6.03. The number of likely N-dealkylation sites (N-methyl/N-ethyl adjacent to an activating group) is 1. The minimum Gasteiger partial charge on any atom is -0.398 e. The molecule has 1 aromatic carbocycles. The zero-order valence-electron chi connectivity index (χ0n) is 9.14. The molecule has 3 nitrogen and oxygen atoms in total. The molecule has 1 aliphatic rings. The van der Waals surface area contributed by atoms with E-state index in [9.17, 15) is 0 Å². The Bertz CT molecular complexity index is 587. The van der Waals surface area contributed by atoms with Gasteiger partial charge in [-0.15, -0.1) is 0 Å². The van der Waals surface area contributed by atoms with Gasteiger partial charge in [0.15, 0.2) is 0 Å². The Morgan fingerprint density at radius 2 is 2.31 bits per heavy atom. The summed E-state index contributed by atoms with van der Waals surface area (Å²) in [5.74, 6) is 0.